The van der Waals surface area contributed by atoms with E-state index in [1.54, 1.807) is 30.3 Å². The molecule has 24 heavy (non-hydrogen) atoms. The summed E-state index contributed by atoms with van der Waals surface area (Å²) in [6, 6.07) is 10.2. The van der Waals surface area contributed by atoms with E-state index in [9.17, 15) is 9.18 Å². The Morgan fingerprint density at radius 3 is 2.71 bits per heavy atom. The monoisotopic (exact) mass is 354 g/mol. The van der Waals surface area contributed by atoms with Crippen molar-refractivity contribution in [2.24, 2.45) is 0 Å². The van der Waals surface area contributed by atoms with Crippen molar-refractivity contribution in [2.45, 2.75) is 32.7 Å². The third-order valence-corrected chi connectivity index (χ3v) is 3.56. The molecular weight excluding hydrogens is 331 g/mol. The van der Waals surface area contributed by atoms with Crippen LogP contribution in [0.15, 0.2) is 40.8 Å². The Kier molecular flexibility index (Phi) is 8.50. The quantitative estimate of drug-likeness (QED) is 0.762. The summed E-state index contributed by atoms with van der Waals surface area (Å²) in [5.74, 6) is 0.833. The fourth-order valence-electron chi connectivity index (χ4n) is 2.33. The van der Waals surface area contributed by atoms with Crippen LogP contribution in [-0.2, 0) is 11.2 Å². The van der Waals surface area contributed by atoms with E-state index >= 15 is 0 Å². The van der Waals surface area contributed by atoms with Gasteiger partial charge in [0.25, 0.3) is 0 Å². The lowest BCUT2D eigenvalue weighted by Crippen LogP contribution is -2.38. The molecule has 0 unspecified atom stereocenters. The molecule has 1 heterocycles. The molecule has 0 saturated heterocycles. The summed E-state index contributed by atoms with van der Waals surface area (Å²) >= 11 is 0. The van der Waals surface area contributed by atoms with Gasteiger partial charge in [0.15, 0.2) is 0 Å². The maximum absolute atomic E-state index is 13.7. The number of amides is 1. The van der Waals surface area contributed by atoms with Crippen molar-refractivity contribution in [1.29, 1.82) is 0 Å². The van der Waals surface area contributed by atoms with Crippen LogP contribution in [-0.4, -0.2) is 25.0 Å². The summed E-state index contributed by atoms with van der Waals surface area (Å²) in [4.78, 5) is 11.8. The fraction of sp³-hybridized carbons (Fsp3) is 0.389. The molecule has 0 fully saturated rings. The molecule has 0 aliphatic carbocycles. The summed E-state index contributed by atoms with van der Waals surface area (Å²) in [6.45, 7) is 5.53. The molecule has 0 bridgehead atoms. The molecule has 0 radical (unpaired) electrons. The number of hydrogen-bond acceptors (Lipinski definition) is 3. The van der Waals surface area contributed by atoms with E-state index in [1.807, 2.05) is 13.8 Å². The van der Waals surface area contributed by atoms with Gasteiger partial charge in [-0.1, -0.05) is 19.1 Å². The molecule has 2 aromatic rings. The second kappa shape index (κ2) is 10.1. The van der Waals surface area contributed by atoms with Crippen LogP contribution in [0.2, 0.25) is 0 Å². The van der Waals surface area contributed by atoms with Crippen LogP contribution in [0.4, 0.5) is 4.39 Å². The summed E-state index contributed by atoms with van der Waals surface area (Å²) in [5, 5.41) is 6.11. The van der Waals surface area contributed by atoms with Gasteiger partial charge in [0.2, 0.25) is 5.91 Å². The standard InChI is InChI=1S/C18H23FN2O2.ClH/c1-3-20-13(2)12-21-18(22)11-9-14-8-10-17(23-14)15-6-4-5-7-16(15)19;/h4-8,10,13,20H,3,9,11-12H2,1-2H3,(H,21,22);1H/t13-;/m1./s1. The highest BCUT2D eigenvalue weighted by atomic mass is 35.5. The van der Waals surface area contributed by atoms with Crippen LogP contribution in [0, 0.1) is 5.82 Å². The van der Waals surface area contributed by atoms with E-state index in [0.29, 0.717) is 36.5 Å². The first-order valence-corrected chi connectivity index (χ1v) is 7.93. The van der Waals surface area contributed by atoms with Gasteiger partial charge >= 0.3 is 0 Å². The van der Waals surface area contributed by atoms with Crippen LogP contribution in [0.3, 0.4) is 0 Å². The van der Waals surface area contributed by atoms with Gasteiger partial charge in [0.05, 0.1) is 5.56 Å². The van der Waals surface area contributed by atoms with Crippen molar-refractivity contribution < 1.29 is 13.6 Å². The van der Waals surface area contributed by atoms with Gasteiger partial charge in [0, 0.05) is 25.4 Å². The minimum atomic E-state index is -0.316. The highest BCUT2D eigenvalue weighted by Gasteiger charge is 2.10. The number of carbonyl (C=O) groups is 1. The number of halogens is 2. The Morgan fingerprint density at radius 1 is 1.25 bits per heavy atom. The van der Waals surface area contributed by atoms with Crippen molar-refractivity contribution in [3.63, 3.8) is 0 Å². The lowest BCUT2D eigenvalue weighted by molar-refractivity contribution is -0.121. The summed E-state index contributed by atoms with van der Waals surface area (Å²) in [7, 11) is 0. The van der Waals surface area contributed by atoms with Gasteiger partial charge < -0.3 is 15.1 Å². The van der Waals surface area contributed by atoms with Gasteiger partial charge in [-0.2, -0.15) is 0 Å². The molecular formula is C18H24ClFN2O2. The zero-order chi connectivity index (χ0) is 16.7. The number of benzene rings is 1. The van der Waals surface area contributed by atoms with E-state index in [0.717, 1.165) is 6.54 Å². The molecule has 132 valence electrons. The van der Waals surface area contributed by atoms with E-state index in [4.69, 9.17) is 4.42 Å². The SMILES string of the molecule is CCN[C@H](C)CNC(=O)CCc1ccc(-c2ccccc2F)o1.Cl. The minimum absolute atomic E-state index is 0. The normalized spacial score (nSPS) is 11.6. The maximum Gasteiger partial charge on any atom is 0.220 e. The van der Waals surface area contributed by atoms with E-state index in [-0.39, 0.29) is 30.2 Å². The summed E-state index contributed by atoms with van der Waals surface area (Å²) < 4.78 is 19.3. The third kappa shape index (κ3) is 5.98. The van der Waals surface area contributed by atoms with Crippen LogP contribution >= 0.6 is 12.4 Å². The van der Waals surface area contributed by atoms with Crippen molar-refractivity contribution >= 4 is 18.3 Å². The van der Waals surface area contributed by atoms with Crippen LogP contribution in [0.25, 0.3) is 11.3 Å². The fourth-order valence-corrected chi connectivity index (χ4v) is 2.33. The van der Waals surface area contributed by atoms with Crippen molar-refractivity contribution in [1.82, 2.24) is 10.6 Å². The number of likely N-dealkylation sites (N-methyl/N-ethyl adjacent to an activating group) is 1. The number of nitrogens with one attached hydrogen (secondary N) is 2. The van der Waals surface area contributed by atoms with E-state index < -0.39 is 0 Å². The van der Waals surface area contributed by atoms with Gasteiger partial charge in [-0.15, -0.1) is 12.4 Å². The largest absolute Gasteiger partial charge is 0.461 e. The smallest absolute Gasteiger partial charge is 0.220 e. The highest BCUT2D eigenvalue weighted by molar-refractivity contribution is 5.85. The Labute approximate surface area is 148 Å². The van der Waals surface area contributed by atoms with Gasteiger partial charge in [-0.05, 0) is 37.7 Å². The van der Waals surface area contributed by atoms with Crippen LogP contribution in [0.5, 0.6) is 0 Å². The number of aryl methyl sites for hydroxylation is 1. The number of hydrogen-bond donors (Lipinski definition) is 2. The van der Waals surface area contributed by atoms with Crippen molar-refractivity contribution in [3.05, 3.63) is 48.0 Å². The van der Waals surface area contributed by atoms with Crippen LogP contribution in [0.1, 0.15) is 26.0 Å². The second-order valence-electron chi connectivity index (χ2n) is 5.51. The van der Waals surface area contributed by atoms with Crippen LogP contribution < -0.4 is 10.6 Å². The summed E-state index contributed by atoms with van der Waals surface area (Å²) in [6.07, 6.45) is 0.846. The molecule has 1 amide bonds. The van der Waals surface area contributed by atoms with Gasteiger partial charge in [0.1, 0.15) is 17.3 Å². The average molecular weight is 355 g/mol. The molecule has 1 aromatic carbocycles. The first-order chi connectivity index (χ1) is 11.1. The zero-order valence-electron chi connectivity index (χ0n) is 14.0. The minimum Gasteiger partial charge on any atom is -0.461 e. The lowest BCUT2D eigenvalue weighted by atomic mass is 10.1. The van der Waals surface area contributed by atoms with Crippen molar-refractivity contribution in [2.75, 3.05) is 13.1 Å². The van der Waals surface area contributed by atoms with E-state index in [2.05, 4.69) is 10.6 Å². The molecule has 2 rings (SSSR count). The Balaban J connectivity index is 0.00000288. The first-order valence-electron chi connectivity index (χ1n) is 7.93. The second-order valence-corrected chi connectivity index (χ2v) is 5.51. The lowest BCUT2D eigenvalue weighted by Gasteiger charge is -2.12. The predicted octanol–water partition coefficient (Wildman–Crippen LogP) is 3.55. The average Bonchev–Trinajstić information content (AvgIpc) is 3.00. The third-order valence-electron chi connectivity index (χ3n) is 3.56. The Hall–Kier alpha value is -1.85. The molecule has 2 N–H and O–H groups in total. The Bertz CT molecular complexity index is 645. The topological polar surface area (TPSA) is 54.3 Å². The van der Waals surface area contributed by atoms with E-state index in [1.165, 1.54) is 6.07 Å². The predicted molar refractivity (Wildman–Crippen MR) is 95.8 cm³/mol. The van der Waals surface area contributed by atoms with Gasteiger partial charge in [-0.25, -0.2) is 4.39 Å². The zero-order valence-corrected chi connectivity index (χ0v) is 14.8. The first kappa shape index (κ1) is 20.2. The maximum atomic E-state index is 13.7. The molecule has 0 aliphatic heterocycles. The molecule has 1 aromatic heterocycles. The molecule has 4 nitrogen and oxygen atoms in total. The number of rotatable bonds is 8. The summed E-state index contributed by atoms with van der Waals surface area (Å²) in [5.41, 5.74) is 0.433. The Morgan fingerprint density at radius 2 is 2.00 bits per heavy atom. The molecule has 1 atom stereocenters. The molecule has 6 heteroatoms. The number of furan rings is 1. The molecule has 0 aliphatic rings. The van der Waals surface area contributed by atoms with Crippen molar-refractivity contribution in [3.8, 4) is 11.3 Å². The number of carbonyl (C=O) groups excluding carboxylic acids is 1. The molecule has 0 spiro atoms. The molecule has 0 saturated carbocycles. The highest BCUT2D eigenvalue weighted by Crippen LogP contribution is 2.25. The van der Waals surface area contributed by atoms with Gasteiger partial charge in [-0.3, -0.25) is 4.79 Å².